The highest BCUT2D eigenvalue weighted by atomic mass is 19.4. The Morgan fingerprint density at radius 2 is 1.88 bits per heavy atom. The quantitative estimate of drug-likeness (QED) is 0.813. The molecule has 1 aromatic heterocycles. The van der Waals surface area contributed by atoms with Crippen molar-refractivity contribution >= 4 is 17.6 Å². The molecule has 0 bridgehead atoms. The number of amides is 3. The predicted molar refractivity (Wildman–Crippen MR) is 75.9 cm³/mol. The molecule has 124 valence electrons. The number of benzene rings is 1. The molecule has 2 aliphatic heterocycles. The smallest absolute Gasteiger partial charge is 0.347 e. The van der Waals surface area contributed by atoms with Crippen molar-refractivity contribution in [1.29, 1.82) is 0 Å². The molecule has 0 aliphatic carbocycles. The Morgan fingerprint density at radius 3 is 2.54 bits per heavy atom. The van der Waals surface area contributed by atoms with E-state index in [-0.39, 0.29) is 12.2 Å². The van der Waals surface area contributed by atoms with E-state index in [2.05, 4.69) is 9.97 Å². The van der Waals surface area contributed by atoms with Crippen LogP contribution in [0.15, 0.2) is 30.6 Å². The molecule has 2 aromatic rings. The Labute approximate surface area is 133 Å². The second kappa shape index (κ2) is 4.83. The summed E-state index contributed by atoms with van der Waals surface area (Å²) in [7, 11) is 0. The van der Waals surface area contributed by atoms with Crippen molar-refractivity contribution in [2.75, 3.05) is 4.90 Å². The highest BCUT2D eigenvalue weighted by molar-refractivity contribution is 6.21. The molecular formula is C15H11F3N4O2. The van der Waals surface area contributed by atoms with Gasteiger partial charge in [0.05, 0.1) is 35.5 Å². The van der Waals surface area contributed by atoms with Crippen molar-refractivity contribution in [1.82, 2.24) is 14.9 Å². The zero-order valence-electron chi connectivity index (χ0n) is 12.2. The number of hydrogen-bond donors (Lipinski definition) is 1. The summed E-state index contributed by atoms with van der Waals surface area (Å²) in [6.07, 6.45) is -2.67. The minimum atomic E-state index is -4.47. The summed E-state index contributed by atoms with van der Waals surface area (Å²) in [5.74, 6) is -0.451. The lowest BCUT2D eigenvalue weighted by molar-refractivity contribution is -0.137. The molecule has 2 aliphatic rings. The number of H-pyrrole nitrogens is 1. The van der Waals surface area contributed by atoms with E-state index in [9.17, 15) is 22.8 Å². The Morgan fingerprint density at radius 1 is 1.17 bits per heavy atom. The number of aromatic amines is 1. The molecule has 0 radical (unpaired) electrons. The maximum Gasteiger partial charge on any atom is 0.416 e. The number of nitrogens with one attached hydrogen (secondary N) is 1. The summed E-state index contributed by atoms with van der Waals surface area (Å²) in [4.78, 5) is 34.5. The fraction of sp³-hybridized carbons (Fsp3) is 0.267. The number of anilines is 1. The van der Waals surface area contributed by atoms with Crippen molar-refractivity contribution in [3.8, 4) is 0 Å². The summed E-state index contributed by atoms with van der Waals surface area (Å²) >= 11 is 0. The molecule has 24 heavy (non-hydrogen) atoms. The lowest BCUT2D eigenvalue weighted by atomic mass is 10.0. The summed E-state index contributed by atoms with van der Waals surface area (Å²) in [5, 5.41) is 0. The van der Waals surface area contributed by atoms with Gasteiger partial charge < -0.3 is 9.88 Å². The maximum atomic E-state index is 12.6. The van der Waals surface area contributed by atoms with E-state index >= 15 is 0 Å². The molecule has 1 aromatic carbocycles. The molecule has 6 nitrogen and oxygen atoms in total. The first-order chi connectivity index (χ1) is 11.4. The number of urea groups is 1. The zero-order valence-corrected chi connectivity index (χ0v) is 12.2. The highest BCUT2D eigenvalue weighted by Crippen LogP contribution is 2.34. The van der Waals surface area contributed by atoms with Gasteiger partial charge in [-0.05, 0) is 24.3 Å². The largest absolute Gasteiger partial charge is 0.416 e. The van der Waals surface area contributed by atoms with Gasteiger partial charge in [-0.2, -0.15) is 13.2 Å². The van der Waals surface area contributed by atoms with Gasteiger partial charge in [-0.25, -0.2) is 14.7 Å². The van der Waals surface area contributed by atoms with E-state index in [4.69, 9.17) is 0 Å². The van der Waals surface area contributed by atoms with Crippen LogP contribution in [0.25, 0.3) is 0 Å². The number of carbonyl (C=O) groups excluding carboxylic acids is 2. The summed E-state index contributed by atoms with van der Waals surface area (Å²) in [6.45, 7) is 0.224. The van der Waals surface area contributed by atoms with Crippen LogP contribution >= 0.6 is 0 Å². The predicted octanol–water partition coefficient (Wildman–Crippen LogP) is 2.32. The number of nitrogens with zero attached hydrogens (tertiary/aromatic N) is 3. The first kappa shape index (κ1) is 14.7. The van der Waals surface area contributed by atoms with Crippen molar-refractivity contribution in [3.05, 3.63) is 47.5 Å². The van der Waals surface area contributed by atoms with Crippen molar-refractivity contribution in [2.24, 2.45) is 0 Å². The number of aromatic nitrogens is 2. The number of halogens is 3. The van der Waals surface area contributed by atoms with Crippen LogP contribution < -0.4 is 4.90 Å². The van der Waals surface area contributed by atoms with Crippen molar-refractivity contribution in [2.45, 2.75) is 25.2 Å². The Hall–Kier alpha value is -2.84. The number of rotatable bonds is 1. The third kappa shape index (κ3) is 2.08. The van der Waals surface area contributed by atoms with E-state index in [0.717, 1.165) is 40.6 Å². The van der Waals surface area contributed by atoms with E-state index < -0.39 is 29.7 Å². The number of imidazole rings is 1. The molecule has 0 saturated carbocycles. The molecule has 9 heteroatoms. The summed E-state index contributed by atoms with van der Waals surface area (Å²) in [5.41, 5.74) is 0.791. The second-order valence-corrected chi connectivity index (χ2v) is 5.68. The minimum Gasteiger partial charge on any atom is -0.347 e. The topological polar surface area (TPSA) is 69.3 Å². The van der Waals surface area contributed by atoms with E-state index in [1.807, 2.05) is 0 Å². The first-order valence-electron chi connectivity index (χ1n) is 7.19. The van der Waals surface area contributed by atoms with Crippen LogP contribution in [-0.4, -0.2) is 32.8 Å². The van der Waals surface area contributed by atoms with Gasteiger partial charge in [0.25, 0.3) is 5.91 Å². The third-order valence-electron chi connectivity index (χ3n) is 4.29. The van der Waals surface area contributed by atoms with Crippen LogP contribution in [-0.2, 0) is 23.9 Å². The molecule has 0 spiro atoms. The molecule has 4 rings (SSSR count). The summed E-state index contributed by atoms with van der Waals surface area (Å²) < 4.78 is 37.9. The van der Waals surface area contributed by atoms with Crippen LogP contribution in [0.2, 0.25) is 0 Å². The molecule has 1 fully saturated rings. The van der Waals surface area contributed by atoms with Gasteiger partial charge in [0, 0.05) is 6.42 Å². The lowest BCUT2D eigenvalue weighted by Gasteiger charge is -2.25. The Bertz CT molecular complexity index is 789. The normalized spacial score (nSPS) is 20.4. The van der Waals surface area contributed by atoms with E-state index in [0.29, 0.717) is 6.42 Å². The van der Waals surface area contributed by atoms with Gasteiger partial charge in [-0.1, -0.05) is 0 Å². The Balaban J connectivity index is 1.65. The number of fused-ring (bicyclic) bond motifs is 2. The molecule has 3 amide bonds. The van der Waals surface area contributed by atoms with Crippen molar-refractivity contribution < 1.29 is 22.8 Å². The zero-order chi connectivity index (χ0) is 17.1. The van der Waals surface area contributed by atoms with E-state index in [1.165, 1.54) is 11.2 Å². The number of imide groups is 1. The van der Waals surface area contributed by atoms with Gasteiger partial charge in [-0.3, -0.25) is 4.79 Å². The first-order valence-corrected chi connectivity index (χ1v) is 7.19. The second-order valence-electron chi connectivity index (χ2n) is 5.68. The molecule has 1 unspecified atom stereocenters. The average molecular weight is 336 g/mol. The monoisotopic (exact) mass is 336 g/mol. The van der Waals surface area contributed by atoms with Gasteiger partial charge in [-0.15, -0.1) is 0 Å². The van der Waals surface area contributed by atoms with Crippen LogP contribution in [0.5, 0.6) is 0 Å². The molecule has 1 saturated heterocycles. The average Bonchev–Trinajstić information content (AvgIpc) is 3.09. The van der Waals surface area contributed by atoms with Crippen LogP contribution in [0.4, 0.5) is 23.7 Å². The van der Waals surface area contributed by atoms with Crippen LogP contribution in [0.1, 0.15) is 17.0 Å². The molecule has 3 heterocycles. The summed E-state index contributed by atoms with van der Waals surface area (Å²) in [6, 6.07) is 2.78. The fourth-order valence-electron chi connectivity index (χ4n) is 3.07. The van der Waals surface area contributed by atoms with Crippen molar-refractivity contribution in [3.63, 3.8) is 0 Å². The lowest BCUT2D eigenvalue weighted by Crippen LogP contribution is -2.40. The maximum absolute atomic E-state index is 12.6. The Kier molecular flexibility index (Phi) is 2.96. The minimum absolute atomic E-state index is 0.129. The van der Waals surface area contributed by atoms with Gasteiger partial charge in [0.1, 0.15) is 6.04 Å². The van der Waals surface area contributed by atoms with E-state index in [1.54, 1.807) is 0 Å². The fourth-order valence-corrected chi connectivity index (χ4v) is 3.07. The number of hydrogen-bond acceptors (Lipinski definition) is 3. The third-order valence-corrected chi connectivity index (χ3v) is 4.29. The SMILES string of the molecule is O=C1C2Cc3nc[nH]c3CN2C(=O)N1c1ccc(C(F)(F)F)cc1. The van der Waals surface area contributed by atoms with Gasteiger partial charge >= 0.3 is 12.2 Å². The van der Waals surface area contributed by atoms with Gasteiger partial charge in [0.15, 0.2) is 0 Å². The number of carbonyl (C=O) groups is 2. The van der Waals surface area contributed by atoms with Crippen LogP contribution in [0, 0.1) is 0 Å². The number of alkyl halides is 3. The van der Waals surface area contributed by atoms with Gasteiger partial charge in [0.2, 0.25) is 0 Å². The van der Waals surface area contributed by atoms with Crippen LogP contribution in [0.3, 0.4) is 0 Å². The standard InChI is InChI=1S/C15H11F3N4O2/c16-15(17,18)8-1-3-9(4-2-8)22-13(23)12-5-10-11(20-7-19-10)6-21(12)14(22)24/h1-4,7,12H,5-6H2,(H,19,20). The molecule has 1 atom stereocenters. The highest BCUT2D eigenvalue weighted by Gasteiger charge is 2.48. The molecule has 1 N–H and O–H groups in total. The molecular weight excluding hydrogens is 325 g/mol.